The summed E-state index contributed by atoms with van der Waals surface area (Å²) in [6, 6.07) is 15.5. The maximum Gasteiger partial charge on any atom is 0.251 e. The van der Waals surface area contributed by atoms with Crippen molar-refractivity contribution in [3.63, 3.8) is 0 Å². The summed E-state index contributed by atoms with van der Waals surface area (Å²) in [6.45, 7) is 16.1. The summed E-state index contributed by atoms with van der Waals surface area (Å²) < 4.78 is 5.15. The van der Waals surface area contributed by atoms with Gasteiger partial charge in [0.05, 0.1) is 0 Å². The number of benzene rings is 2. The van der Waals surface area contributed by atoms with E-state index in [4.69, 9.17) is 4.74 Å². The Morgan fingerprint density at radius 2 is 1.81 bits per heavy atom. The molecule has 0 saturated carbocycles. The SMILES string of the molecule is C=C(/C=C\C(=C/CC)C(=O)NCc1ccccc1)N1C(C)CCC1CC(C)NC(=O)c1ccc(C(=O)C(C)C)c(NCCCOC)c1. The van der Waals surface area contributed by atoms with Crippen molar-refractivity contribution in [3.8, 4) is 0 Å². The fourth-order valence-electron chi connectivity index (χ4n) is 6.00. The van der Waals surface area contributed by atoms with E-state index in [2.05, 4.69) is 34.4 Å². The molecule has 2 amide bonds. The van der Waals surface area contributed by atoms with E-state index in [0.717, 1.165) is 43.4 Å². The minimum absolute atomic E-state index is 0.0365. The number of amides is 2. The molecule has 1 saturated heterocycles. The number of rotatable bonds is 18. The molecule has 3 atom stereocenters. The predicted octanol–water partition coefficient (Wildman–Crippen LogP) is 7.06. The number of carbonyl (C=O) groups excluding carboxylic acids is 3. The molecule has 8 heteroatoms. The minimum atomic E-state index is -0.173. The predicted molar refractivity (Wildman–Crippen MR) is 191 cm³/mol. The monoisotopic (exact) mass is 642 g/mol. The molecular weight excluding hydrogens is 588 g/mol. The van der Waals surface area contributed by atoms with E-state index in [1.54, 1.807) is 25.3 Å². The van der Waals surface area contributed by atoms with Crippen molar-refractivity contribution in [1.82, 2.24) is 15.5 Å². The molecule has 2 aromatic rings. The van der Waals surface area contributed by atoms with E-state index in [-0.39, 0.29) is 35.6 Å². The lowest BCUT2D eigenvalue weighted by molar-refractivity contribution is -0.117. The van der Waals surface area contributed by atoms with Crippen molar-refractivity contribution < 1.29 is 19.1 Å². The first-order chi connectivity index (χ1) is 22.5. The Labute approximate surface area is 281 Å². The van der Waals surface area contributed by atoms with Gasteiger partial charge in [0.1, 0.15) is 0 Å². The van der Waals surface area contributed by atoms with E-state index in [0.29, 0.717) is 48.1 Å². The lowest BCUT2D eigenvalue weighted by Crippen LogP contribution is -2.40. The molecule has 0 spiro atoms. The van der Waals surface area contributed by atoms with Gasteiger partial charge in [-0.1, -0.05) is 63.8 Å². The van der Waals surface area contributed by atoms with E-state index >= 15 is 0 Å². The Hall–Kier alpha value is -4.17. The third kappa shape index (κ3) is 11.2. The maximum absolute atomic E-state index is 13.4. The number of anilines is 1. The van der Waals surface area contributed by atoms with Crippen LogP contribution in [0.25, 0.3) is 0 Å². The quantitative estimate of drug-likeness (QED) is 0.0697. The minimum Gasteiger partial charge on any atom is -0.385 e. The van der Waals surface area contributed by atoms with E-state index in [9.17, 15) is 14.4 Å². The molecule has 1 heterocycles. The molecule has 0 aromatic heterocycles. The van der Waals surface area contributed by atoms with Crippen molar-refractivity contribution in [1.29, 1.82) is 0 Å². The van der Waals surface area contributed by atoms with Crippen LogP contribution in [0.4, 0.5) is 5.69 Å². The molecule has 1 aliphatic heterocycles. The highest BCUT2D eigenvalue weighted by molar-refractivity contribution is 6.04. The van der Waals surface area contributed by atoms with Crippen molar-refractivity contribution >= 4 is 23.3 Å². The van der Waals surface area contributed by atoms with Gasteiger partial charge in [-0.15, -0.1) is 0 Å². The molecule has 3 N–H and O–H groups in total. The maximum atomic E-state index is 13.4. The van der Waals surface area contributed by atoms with E-state index in [1.807, 2.05) is 76.3 Å². The van der Waals surface area contributed by atoms with Gasteiger partial charge in [0.15, 0.2) is 5.78 Å². The van der Waals surface area contributed by atoms with Crippen LogP contribution in [-0.4, -0.2) is 60.9 Å². The first-order valence-electron chi connectivity index (χ1n) is 16.9. The van der Waals surface area contributed by atoms with Crippen molar-refractivity contribution in [3.05, 3.63) is 101 Å². The Morgan fingerprint density at radius 3 is 2.49 bits per heavy atom. The first-order valence-corrected chi connectivity index (χ1v) is 16.9. The number of carbonyl (C=O) groups is 3. The van der Waals surface area contributed by atoms with E-state index < -0.39 is 0 Å². The second kappa shape index (κ2) is 18.8. The zero-order valence-electron chi connectivity index (χ0n) is 29.1. The molecule has 8 nitrogen and oxygen atoms in total. The zero-order chi connectivity index (χ0) is 34.3. The number of hydrogen-bond donors (Lipinski definition) is 3. The van der Waals surface area contributed by atoms with Crippen LogP contribution in [0.5, 0.6) is 0 Å². The van der Waals surface area contributed by atoms with Gasteiger partial charge in [0.25, 0.3) is 11.8 Å². The van der Waals surface area contributed by atoms with Gasteiger partial charge in [-0.25, -0.2) is 0 Å². The second-order valence-corrected chi connectivity index (χ2v) is 12.7. The number of nitrogens with one attached hydrogen (secondary N) is 3. The highest BCUT2D eigenvalue weighted by atomic mass is 16.5. The largest absolute Gasteiger partial charge is 0.385 e. The third-order valence-corrected chi connectivity index (χ3v) is 8.47. The molecule has 47 heavy (non-hydrogen) atoms. The van der Waals surface area contributed by atoms with Crippen LogP contribution in [0.1, 0.15) is 93.0 Å². The molecule has 1 aliphatic rings. The summed E-state index contributed by atoms with van der Waals surface area (Å²) in [7, 11) is 1.66. The molecule has 254 valence electrons. The molecule has 1 fully saturated rings. The van der Waals surface area contributed by atoms with E-state index in [1.165, 1.54) is 0 Å². The number of methoxy groups -OCH3 is 1. The topological polar surface area (TPSA) is 99.8 Å². The van der Waals surface area contributed by atoms with Gasteiger partial charge in [0.2, 0.25) is 0 Å². The summed E-state index contributed by atoms with van der Waals surface area (Å²) in [6.07, 6.45) is 10.0. The van der Waals surface area contributed by atoms with Crippen molar-refractivity contribution in [2.24, 2.45) is 5.92 Å². The molecular formula is C39H54N4O4. The van der Waals surface area contributed by atoms with Crippen LogP contribution in [0.2, 0.25) is 0 Å². The van der Waals surface area contributed by atoms with Crippen LogP contribution in [0, 0.1) is 5.92 Å². The highest BCUT2D eigenvalue weighted by Gasteiger charge is 2.32. The number of Topliss-reactive ketones (excluding diaryl/α,β-unsaturated/α-hetero) is 1. The molecule has 0 radical (unpaired) electrons. The standard InChI is InChI=1S/C39H54N4O4/c1-8-13-32(38(45)41-26-31-14-10-9-11-15-31)18-16-29(5)43-30(6)17-20-34(43)24-28(4)42-39(46)33-19-21-35(37(44)27(2)3)36(25-33)40-22-12-23-47-7/h9-11,13-16,18-19,21,25,27-28,30,34,40H,5,8,12,17,20,22-24,26H2,1-4,6-7H3,(H,41,45)(H,42,46)/b18-16-,32-13+. The van der Waals surface area contributed by atoms with Gasteiger partial charge in [-0.3, -0.25) is 14.4 Å². The average molecular weight is 643 g/mol. The third-order valence-electron chi connectivity index (χ3n) is 8.47. The van der Waals surface area contributed by atoms with Gasteiger partial charge in [0, 0.05) is 78.9 Å². The number of ketones is 1. The smallest absolute Gasteiger partial charge is 0.251 e. The van der Waals surface area contributed by atoms with Crippen LogP contribution in [-0.2, 0) is 16.1 Å². The Kier molecular flexibility index (Phi) is 15.0. The summed E-state index contributed by atoms with van der Waals surface area (Å²) in [5.74, 6) is -0.402. The van der Waals surface area contributed by atoms with Gasteiger partial charge >= 0.3 is 0 Å². The number of likely N-dealkylation sites (tertiary alicyclic amines) is 1. The average Bonchev–Trinajstić information content (AvgIpc) is 3.42. The number of ether oxygens (including phenoxy) is 1. The summed E-state index contributed by atoms with van der Waals surface area (Å²) in [4.78, 5) is 41.5. The second-order valence-electron chi connectivity index (χ2n) is 12.7. The lowest BCUT2D eigenvalue weighted by atomic mass is 9.97. The first kappa shape index (κ1) is 37.3. The number of hydrogen-bond acceptors (Lipinski definition) is 6. The number of allylic oxidation sites excluding steroid dienone is 2. The van der Waals surface area contributed by atoms with Crippen LogP contribution >= 0.6 is 0 Å². The van der Waals surface area contributed by atoms with Crippen LogP contribution in [0.15, 0.2) is 84.6 Å². The fourth-order valence-corrected chi connectivity index (χ4v) is 6.00. The Balaban J connectivity index is 1.64. The summed E-state index contributed by atoms with van der Waals surface area (Å²) in [5, 5.41) is 9.52. The van der Waals surface area contributed by atoms with Crippen molar-refractivity contribution in [2.45, 2.75) is 91.4 Å². The summed E-state index contributed by atoms with van der Waals surface area (Å²) >= 11 is 0. The highest BCUT2D eigenvalue weighted by Crippen LogP contribution is 2.31. The normalized spacial score (nSPS) is 17.2. The molecule has 0 bridgehead atoms. The molecule has 0 aliphatic carbocycles. The van der Waals surface area contributed by atoms with Crippen molar-refractivity contribution in [2.75, 3.05) is 25.6 Å². The fraction of sp³-hybridized carbons (Fsp3) is 0.462. The van der Waals surface area contributed by atoms with Gasteiger partial charge in [-0.2, -0.15) is 0 Å². The molecule has 3 rings (SSSR count). The number of nitrogens with zero attached hydrogens (tertiary/aromatic N) is 1. The Bertz CT molecular complexity index is 1420. The molecule has 2 aromatic carbocycles. The van der Waals surface area contributed by atoms with Crippen LogP contribution < -0.4 is 16.0 Å². The van der Waals surface area contributed by atoms with Crippen LogP contribution in [0.3, 0.4) is 0 Å². The Morgan fingerprint density at radius 1 is 1.06 bits per heavy atom. The summed E-state index contributed by atoms with van der Waals surface area (Å²) in [5.41, 5.74) is 4.29. The molecule has 3 unspecified atom stereocenters. The van der Waals surface area contributed by atoms with Gasteiger partial charge in [-0.05, 0) is 81.9 Å². The van der Waals surface area contributed by atoms with Gasteiger partial charge < -0.3 is 25.6 Å². The lowest BCUT2D eigenvalue weighted by Gasteiger charge is -2.33. The zero-order valence-corrected chi connectivity index (χ0v) is 29.1.